The average Bonchev–Trinajstić information content (AvgIpc) is 3.45. The Morgan fingerprint density at radius 3 is 2.81 bits per heavy atom. The minimum absolute atomic E-state index is 0. The highest BCUT2D eigenvalue weighted by Gasteiger charge is 2.17. The minimum atomic E-state index is 0. The van der Waals surface area contributed by atoms with Gasteiger partial charge in [0.05, 0.1) is 13.2 Å². The van der Waals surface area contributed by atoms with Gasteiger partial charge in [0.2, 0.25) is 0 Å². The van der Waals surface area contributed by atoms with Crippen molar-refractivity contribution in [2.24, 2.45) is 10.9 Å². The quantitative estimate of drug-likeness (QED) is 0.243. The lowest BCUT2D eigenvalue weighted by Gasteiger charge is -2.17. The van der Waals surface area contributed by atoms with Gasteiger partial charge in [-0.3, -0.25) is 4.99 Å². The van der Waals surface area contributed by atoms with Crippen molar-refractivity contribution in [3.05, 3.63) is 65.4 Å². The van der Waals surface area contributed by atoms with Gasteiger partial charge in [0, 0.05) is 50.0 Å². The largest absolute Gasteiger partial charge is 0.493 e. The molecular weight excluding hydrogens is 517 g/mol. The Bertz CT molecular complexity index is 995. The van der Waals surface area contributed by atoms with E-state index < -0.39 is 0 Å². The zero-order valence-electron chi connectivity index (χ0n) is 18.7. The van der Waals surface area contributed by atoms with E-state index in [1.165, 1.54) is 5.56 Å². The lowest BCUT2D eigenvalue weighted by molar-refractivity contribution is 0.166. The molecule has 2 N–H and O–H groups in total. The molecular formula is C25H32IN3O3. The number of aliphatic imine (C=N–C) groups is 1. The maximum absolute atomic E-state index is 6.14. The molecule has 3 aromatic rings. The van der Waals surface area contributed by atoms with Crippen molar-refractivity contribution in [2.45, 2.75) is 26.3 Å². The standard InChI is InChI=1S/C25H31N3O3.HI/c1-18-7-8-21(24(13-18)30-17-19-10-12-29-16-19)15-28-25(26-2)27-11-9-22-14-20-5-3-4-6-23(20)31-22;/h3-8,13-14,19H,9-12,15-17H2,1-2H3,(H2,26,27,28);1H. The fourth-order valence-electron chi connectivity index (χ4n) is 3.73. The first kappa shape index (κ1) is 24.4. The van der Waals surface area contributed by atoms with Gasteiger partial charge in [-0.1, -0.05) is 30.3 Å². The molecule has 1 aliphatic rings. The third-order valence-corrected chi connectivity index (χ3v) is 5.53. The van der Waals surface area contributed by atoms with E-state index >= 15 is 0 Å². The van der Waals surface area contributed by atoms with Crippen molar-refractivity contribution in [2.75, 3.05) is 33.4 Å². The van der Waals surface area contributed by atoms with Crippen molar-refractivity contribution in [3.63, 3.8) is 0 Å². The van der Waals surface area contributed by atoms with Crippen LogP contribution >= 0.6 is 24.0 Å². The third-order valence-electron chi connectivity index (χ3n) is 5.53. The van der Waals surface area contributed by atoms with Crippen molar-refractivity contribution in [1.29, 1.82) is 0 Å². The summed E-state index contributed by atoms with van der Waals surface area (Å²) in [6, 6.07) is 16.5. The molecule has 1 atom stereocenters. The first-order chi connectivity index (χ1) is 15.2. The second-order valence-corrected chi connectivity index (χ2v) is 8.00. The second-order valence-electron chi connectivity index (χ2n) is 8.00. The maximum atomic E-state index is 6.14. The normalized spacial score (nSPS) is 16.1. The van der Waals surface area contributed by atoms with Crippen molar-refractivity contribution < 1.29 is 13.9 Å². The van der Waals surface area contributed by atoms with Crippen LogP contribution < -0.4 is 15.4 Å². The Morgan fingerprint density at radius 2 is 2.03 bits per heavy atom. The Hall–Kier alpha value is -2.26. The van der Waals surface area contributed by atoms with Crippen LogP contribution in [0, 0.1) is 12.8 Å². The Morgan fingerprint density at radius 1 is 1.16 bits per heavy atom. The van der Waals surface area contributed by atoms with Crippen LogP contribution in [0.2, 0.25) is 0 Å². The van der Waals surface area contributed by atoms with E-state index in [4.69, 9.17) is 13.9 Å². The molecule has 1 fully saturated rings. The molecule has 4 rings (SSSR count). The maximum Gasteiger partial charge on any atom is 0.191 e. The van der Waals surface area contributed by atoms with Gasteiger partial charge in [0.15, 0.2) is 5.96 Å². The van der Waals surface area contributed by atoms with Crippen molar-refractivity contribution in [1.82, 2.24) is 10.6 Å². The SMILES string of the molecule is CN=C(NCCc1cc2ccccc2o1)NCc1ccc(C)cc1OCC1CCOC1.I. The number of fused-ring (bicyclic) bond motifs is 1. The fraction of sp³-hybridized carbons (Fsp3) is 0.400. The number of hydrogen-bond donors (Lipinski definition) is 2. The summed E-state index contributed by atoms with van der Waals surface area (Å²) in [6.07, 6.45) is 1.86. The van der Waals surface area contributed by atoms with Crippen molar-refractivity contribution >= 4 is 40.9 Å². The molecule has 2 heterocycles. The topological polar surface area (TPSA) is 68.0 Å². The predicted molar refractivity (Wildman–Crippen MR) is 139 cm³/mol. The molecule has 6 nitrogen and oxygen atoms in total. The summed E-state index contributed by atoms with van der Waals surface area (Å²) in [4.78, 5) is 4.34. The molecule has 0 saturated carbocycles. The van der Waals surface area contributed by atoms with Gasteiger partial charge in [-0.2, -0.15) is 0 Å². The number of nitrogens with zero attached hydrogens (tertiary/aromatic N) is 1. The highest BCUT2D eigenvalue weighted by Crippen LogP contribution is 2.23. The summed E-state index contributed by atoms with van der Waals surface area (Å²) in [7, 11) is 1.78. The Labute approximate surface area is 206 Å². The number of nitrogens with one attached hydrogen (secondary N) is 2. The van der Waals surface area contributed by atoms with Gasteiger partial charge in [-0.05, 0) is 37.1 Å². The van der Waals surface area contributed by atoms with Crippen molar-refractivity contribution in [3.8, 4) is 5.75 Å². The number of furan rings is 1. The van der Waals surface area contributed by atoms with Gasteiger partial charge in [0.1, 0.15) is 17.1 Å². The average molecular weight is 549 g/mol. The lowest BCUT2D eigenvalue weighted by Crippen LogP contribution is -2.37. The molecule has 0 amide bonds. The van der Waals surface area contributed by atoms with E-state index in [9.17, 15) is 0 Å². The molecule has 0 radical (unpaired) electrons. The third kappa shape index (κ3) is 6.62. The van der Waals surface area contributed by atoms with Crippen LogP contribution in [0.5, 0.6) is 5.75 Å². The van der Waals surface area contributed by atoms with Crippen LogP contribution in [0.4, 0.5) is 0 Å². The summed E-state index contributed by atoms with van der Waals surface area (Å²) in [5.74, 6) is 3.13. The number of benzene rings is 2. The Kier molecular flexibility index (Phi) is 9.23. The molecule has 7 heteroatoms. The number of guanidine groups is 1. The first-order valence-corrected chi connectivity index (χ1v) is 10.9. The van der Waals surface area contributed by atoms with Gasteiger partial charge >= 0.3 is 0 Å². The van der Waals surface area contributed by atoms with Gasteiger partial charge in [-0.15, -0.1) is 24.0 Å². The van der Waals surface area contributed by atoms with Crippen LogP contribution in [0.3, 0.4) is 0 Å². The first-order valence-electron chi connectivity index (χ1n) is 10.9. The van der Waals surface area contributed by atoms with Crippen LogP contribution in [0.25, 0.3) is 11.0 Å². The van der Waals surface area contributed by atoms with Crippen LogP contribution in [0.1, 0.15) is 23.3 Å². The van der Waals surface area contributed by atoms with Crippen LogP contribution in [-0.4, -0.2) is 39.4 Å². The molecule has 0 bridgehead atoms. The number of hydrogen-bond acceptors (Lipinski definition) is 4. The molecule has 1 aliphatic heterocycles. The number of para-hydroxylation sites is 1. The summed E-state index contributed by atoms with van der Waals surface area (Å²) in [5.41, 5.74) is 3.23. The molecule has 1 aromatic heterocycles. The minimum Gasteiger partial charge on any atom is -0.493 e. The molecule has 0 aliphatic carbocycles. The van der Waals surface area contributed by atoms with E-state index in [2.05, 4.69) is 52.9 Å². The van der Waals surface area contributed by atoms with Crippen LogP contribution in [0.15, 0.2) is 57.9 Å². The highest BCUT2D eigenvalue weighted by molar-refractivity contribution is 14.0. The zero-order chi connectivity index (χ0) is 21.5. The summed E-state index contributed by atoms with van der Waals surface area (Å²) < 4.78 is 17.5. The predicted octanol–water partition coefficient (Wildman–Crippen LogP) is 4.68. The second kappa shape index (κ2) is 12.1. The molecule has 1 unspecified atom stereocenters. The summed E-state index contributed by atoms with van der Waals surface area (Å²) in [6.45, 7) is 5.79. The lowest BCUT2D eigenvalue weighted by atomic mass is 10.1. The number of aryl methyl sites for hydroxylation is 1. The summed E-state index contributed by atoms with van der Waals surface area (Å²) in [5, 5.41) is 7.89. The monoisotopic (exact) mass is 549 g/mol. The van der Waals surface area contributed by atoms with E-state index in [1.54, 1.807) is 7.05 Å². The van der Waals surface area contributed by atoms with Crippen LogP contribution in [-0.2, 0) is 17.7 Å². The fourth-order valence-corrected chi connectivity index (χ4v) is 3.73. The smallest absolute Gasteiger partial charge is 0.191 e. The number of ether oxygens (including phenoxy) is 2. The molecule has 1 saturated heterocycles. The Balaban J connectivity index is 0.00000289. The van der Waals surface area contributed by atoms with Gasteiger partial charge in [-0.25, -0.2) is 0 Å². The number of halogens is 1. The zero-order valence-corrected chi connectivity index (χ0v) is 21.1. The summed E-state index contributed by atoms with van der Waals surface area (Å²) >= 11 is 0. The van der Waals surface area contributed by atoms with E-state index in [-0.39, 0.29) is 24.0 Å². The molecule has 172 valence electrons. The number of rotatable bonds is 8. The molecule has 2 aromatic carbocycles. The van der Waals surface area contributed by atoms with E-state index in [1.807, 2.05) is 18.2 Å². The van der Waals surface area contributed by atoms with E-state index in [0.717, 1.165) is 66.6 Å². The molecule has 32 heavy (non-hydrogen) atoms. The highest BCUT2D eigenvalue weighted by atomic mass is 127. The van der Waals surface area contributed by atoms with Gasteiger partial charge < -0.3 is 24.5 Å². The van der Waals surface area contributed by atoms with E-state index in [0.29, 0.717) is 19.1 Å². The molecule has 0 spiro atoms. The van der Waals surface area contributed by atoms with Gasteiger partial charge in [0.25, 0.3) is 0 Å².